The molecule has 2 heteroatoms. The summed E-state index contributed by atoms with van der Waals surface area (Å²) in [7, 11) is 0. The zero-order valence-corrected chi connectivity index (χ0v) is 7.16. The Kier molecular flexibility index (Phi) is 1.73. The molecule has 2 unspecified atom stereocenters. The Morgan fingerprint density at radius 3 is 3.00 bits per heavy atom. The van der Waals surface area contributed by atoms with E-state index in [1.54, 1.807) is 0 Å². The fraction of sp³-hybridized carbons (Fsp3) is 0.875. The Morgan fingerprint density at radius 1 is 1.40 bits per heavy atom. The number of thioether (sulfide) groups is 1. The average molecular weight is 155 g/mol. The van der Waals surface area contributed by atoms with Crippen molar-refractivity contribution in [2.75, 3.05) is 0 Å². The SMILES string of the molecule is CC1=NC2CCCCC2S1. The van der Waals surface area contributed by atoms with Crippen molar-refractivity contribution in [3.05, 3.63) is 0 Å². The van der Waals surface area contributed by atoms with Gasteiger partial charge in [0.15, 0.2) is 0 Å². The van der Waals surface area contributed by atoms with Gasteiger partial charge >= 0.3 is 0 Å². The fourth-order valence-electron chi connectivity index (χ4n) is 1.85. The molecule has 0 spiro atoms. The highest BCUT2D eigenvalue weighted by Gasteiger charge is 2.30. The summed E-state index contributed by atoms with van der Waals surface area (Å²) in [4.78, 5) is 4.59. The monoisotopic (exact) mass is 155 g/mol. The van der Waals surface area contributed by atoms with E-state index in [9.17, 15) is 0 Å². The van der Waals surface area contributed by atoms with Gasteiger partial charge in [0.1, 0.15) is 0 Å². The van der Waals surface area contributed by atoms with Gasteiger partial charge in [0.2, 0.25) is 0 Å². The molecule has 1 aliphatic heterocycles. The third-order valence-corrected chi connectivity index (χ3v) is 3.64. The largest absolute Gasteiger partial charge is 0.279 e. The summed E-state index contributed by atoms with van der Waals surface area (Å²) in [5, 5.41) is 2.17. The first-order chi connectivity index (χ1) is 4.86. The van der Waals surface area contributed by atoms with Crippen LogP contribution in [0.5, 0.6) is 0 Å². The quantitative estimate of drug-likeness (QED) is 0.523. The van der Waals surface area contributed by atoms with Crippen LogP contribution in [0.4, 0.5) is 0 Å². The maximum Gasteiger partial charge on any atom is 0.0652 e. The van der Waals surface area contributed by atoms with Crippen LogP contribution in [0.15, 0.2) is 4.99 Å². The van der Waals surface area contributed by atoms with Crippen LogP contribution in [-0.2, 0) is 0 Å². The van der Waals surface area contributed by atoms with Crippen molar-refractivity contribution in [3.63, 3.8) is 0 Å². The van der Waals surface area contributed by atoms with Gasteiger partial charge in [-0.2, -0.15) is 0 Å². The summed E-state index contributed by atoms with van der Waals surface area (Å²) in [6.45, 7) is 2.14. The maximum absolute atomic E-state index is 4.59. The maximum atomic E-state index is 4.59. The standard InChI is InChI=1S/C8H13NS/c1-6-9-7-4-2-3-5-8(7)10-6/h7-8H,2-5H2,1H3. The van der Waals surface area contributed by atoms with Crippen molar-refractivity contribution in [2.24, 2.45) is 4.99 Å². The van der Waals surface area contributed by atoms with Crippen molar-refractivity contribution in [1.29, 1.82) is 0 Å². The predicted octanol–water partition coefficient (Wildman–Crippen LogP) is 2.46. The first kappa shape index (κ1) is 6.71. The minimum atomic E-state index is 0.693. The van der Waals surface area contributed by atoms with E-state index in [2.05, 4.69) is 11.9 Å². The highest BCUT2D eigenvalue weighted by Crippen LogP contribution is 2.36. The molecule has 2 atom stereocenters. The van der Waals surface area contributed by atoms with Crippen LogP contribution >= 0.6 is 11.8 Å². The zero-order valence-electron chi connectivity index (χ0n) is 6.34. The third-order valence-electron chi connectivity index (χ3n) is 2.34. The number of hydrogen-bond acceptors (Lipinski definition) is 2. The van der Waals surface area contributed by atoms with E-state index in [0.29, 0.717) is 6.04 Å². The number of aliphatic imine (C=N–C) groups is 1. The molecule has 56 valence electrons. The van der Waals surface area contributed by atoms with Gasteiger partial charge in [-0.05, 0) is 19.8 Å². The van der Waals surface area contributed by atoms with Gasteiger partial charge in [0.05, 0.1) is 11.1 Å². The Bertz CT molecular complexity index is 165. The summed E-state index contributed by atoms with van der Waals surface area (Å²) in [6.07, 6.45) is 5.57. The predicted molar refractivity (Wildman–Crippen MR) is 46.7 cm³/mol. The molecule has 0 aromatic carbocycles. The Labute approximate surface area is 66.3 Å². The molecule has 0 N–H and O–H groups in total. The molecule has 0 bridgehead atoms. The van der Waals surface area contributed by atoms with Crippen molar-refractivity contribution < 1.29 is 0 Å². The summed E-state index contributed by atoms with van der Waals surface area (Å²) in [6, 6.07) is 0.693. The van der Waals surface area contributed by atoms with Gasteiger partial charge in [-0.15, -0.1) is 11.8 Å². The lowest BCUT2D eigenvalue weighted by molar-refractivity contribution is 0.462. The Balaban J connectivity index is 2.06. The molecule has 0 amide bonds. The van der Waals surface area contributed by atoms with Gasteiger partial charge < -0.3 is 0 Å². The number of rotatable bonds is 0. The molecule has 1 heterocycles. The topological polar surface area (TPSA) is 12.4 Å². The second-order valence-corrected chi connectivity index (χ2v) is 4.59. The molecule has 2 rings (SSSR count). The van der Waals surface area contributed by atoms with Crippen LogP contribution in [0.2, 0.25) is 0 Å². The van der Waals surface area contributed by atoms with Gasteiger partial charge in [0, 0.05) is 5.25 Å². The van der Waals surface area contributed by atoms with Gasteiger partial charge in [-0.25, -0.2) is 0 Å². The summed E-state index contributed by atoms with van der Waals surface area (Å²) < 4.78 is 0. The van der Waals surface area contributed by atoms with Crippen LogP contribution < -0.4 is 0 Å². The molecule has 0 radical (unpaired) electrons. The second kappa shape index (κ2) is 2.57. The lowest BCUT2D eigenvalue weighted by Gasteiger charge is -2.21. The molecule has 0 aromatic rings. The number of nitrogens with zero attached hydrogens (tertiary/aromatic N) is 1. The minimum Gasteiger partial charge on any atom is -0.279 e. The van der Waals surface area contributed by atoms with Gasteiger partial charge in [0.25, 0.3) is 0 Å². The second-order valence-electron chi connectivity index (χ2n) is 3.16. The van der Waals surface area contributed by atoms with E-state index in [0.717, 1.165) is 5.25 Å². The fourth-order valence-corrected chi connectivity index (χ4v) is 3.12. The van der Waals surface area contributed by atoms with Crippen LogP contribution in [0.3, 0.4) is 0 Å². The normalized spacial score (nSPS) is 39.1. The van der Waals surface area contributed by atoms with E-state index >= 15 is 0 Å². The lowest BCUT2D eigenvalue weighted by atomic mass is 9.95. The average Bonchev–Trinajstić information content (AvgIpc) is 2.27. The summed E-state index contributed by atoms with van der Waals surface area (Å²) >= 11 is 2.00. The molecule has 0 aromatic heterocycles. The van der Waals surface area contributed by atoms with Crippen LogP contribution in [0.25, 0.3) is 0 Å². The van der Waals surface area contributed by atoms with Crippen LogP contribution in [0, 0.1) is 0 Å². The molecule has 1 saturated carbocycles. The molecule has 10 heavy (non-hydrogen) atoms. The van der Waals surface area contributed by atoms with E-state index in [-0.39, 0.29) is 0 Å². The van der Waals surface area contributed by atoms with Crippen molar-refractivity contribution in [1.82, 2.24) is 0 Å². The first-order valence-corrected chi connectivity index (χ1v) is 4.95. The molecular weight excluding hydrogens is 142 g/mol. The van der Waals surface area contributed by atoms with E-state index in [4.69, 9.17) is 0 Å². The minimum absolute atomic E-state index is 0.693. The van der Waals surface area contributed by atoms with E-state index in [1.807, 2.05) is 11.8 Å². The van der Waals surface area contributed by atoms with Crippen molar-refractivity contribution in [3.8, 4) is 0 Å². The molecule has 2 aliphatic rings. The molecule has 1 nitrogen and oxygen atoms in total. The zero-order chi connectivity index (χ0) is 6.97. The highest BCUT2D eigenvalue weighted by molar-refractivity contribution is 8.14. The van der Waals surface area contributed by atoms with Crippen LogP contribution in [0.1, 0.15) is 32.6 Å². The number of fused-ring (bicyclic) bond motifs is 1. The van der Waals surface area contributed by atoms with Crippen molar-refractivity contribution in [2.45, 2.75) is 43.9 Å². The van der Waals surface area contributed by atoms with E-state index < -0.39 is 0 Å². The van der Waals surface area contributed by atoms with Crippen molar-refractivity contribution >= 4 is 16.8 Å². The Morgan fingerprint density at radius 2 is 2.20 bits per heavy atom. The summed E-state index contributed by atoms with van der Waals surface area (Å²) in [5.74, 6) is 0. The number of hydrogen-bond donors (Lipinski definition) is 0. The first-order valence-electron chi connectivity index (χ1n) is 4.07. The Hall–Kier alpha value is 0.0200. The molecule has 1 fully saturated rings. The lowest BCUT2D eigenvalue weighted by Crippen LogP contribution is -2.21. The molecular formula is C8H13NS. The third kappa shape index (κ3) is 1.09. The van der Waals surface area contributed by atoms with Gasteiger partial charge in [-0.1, -0.05) is 12.8 Å². The van der Waals surface area contributed by atoms with Crippen LogP contribution in [-0.4, -0.2) is 16.3 Å². The molecule has 0 saturated heterocycles. The summed E-state index contributed by atoms with van der Waals surface area (Å²) in [5.41, 5.74) is 0. The van der Waals surface area contributed by atoms with E-state index in [1.165, 1.54) is 30.7 Å². The van der Waals surface area contributed by atoms with Gasteiger partial charge in [-0.3, -0.25) is 4.99 Å². The highest BCUT2D eigenvalue weighted by atomic mass is 32.2. The molecule has 1 aliphatic carbocycles. The smallest absolute Gasteiger partial charge is 0.0652 e.